The Labute approximate surface area is 161 Å². The highest BCUT2D eigenvalue weighted by Crippen LogP contribution is 2.31. The number of carbonyl (C=O) groups excluding carboxylic acids is 1. The number of aromatic nitrogens is 2. The van der Waals surface area contributed by atoms with Crippen molar-refractivity contribution in [1.29, 1.82) is 0 Å². The fourth-order valence-electron chi connectivity index (χ4n) is 3.14. The molecule has 138 valence electrons. The van der Waals surface area contributed by atoms with Gasteiger partial charge < -0.3 is 21.8 Å². The summed E-state index contributed by atoms with van der Waals surface area (Å²) in [4.78, 5) is 19.6. The number of nitrogens with two attached hydrogens (primary N) is 2. The second kappa shape index (κ2) is 7.28. The topological polar surface area (TPSA) is 110 Å². The Morgan fingerprint density at radius 3 is 2.64 bits per heavy atom. The molecule has 4 rings (SSSR count). The number of fused-ring (bicyclic) bond motifs is 1. The van der Waals surface area contributed by atoms with E-state index >= 15 is 0 Å². The van der Waals surface area contributed by atoms with Crippen molar-refractivity contribution in [3.05, 3.63) is 84.2 Å². The summed E-state index contributed by atoms with van der Waals surface area (Å²) in [5.74, 6) is -0.491. The largest absolute Gasteiger partial charge is 0.399 e. The minimum atomic E-state index is -0.491. The Bertz CT molecular complexity index is 1180. The Kier molecular flexibility index (Phi) is 4.51. The van der Waals surface area contributed by atoms with E-state index in [1.54, 1.807) is 12.3 Å². The number of nitrogen functional groups attached to an aromatic ring is 1. The zero-order chi connectivity index (χ0) is 19.5. The quantitative estimate of drug-likeness (QED) is 0.316. The predicted molar refractivity (Wildman–Crippen MR) is 114 cm³/mol. The molecule has 0 atom stereocenters. The highest BCUT2D eigenvalue weighted by Gasteiger charge is 2.13. The van der Waals surface area contributed by atoms with Gasteiger partial charge in [-0.2, -0.15) is 0 Å². The first-order valence-electron chi connectivity index (χ1n) is 8.77. The van der Waals surface area contributed by atoms with Crippen LogP contribution in [0.5, 0.6) is 0 Å². The molecule has 6 nitrogen and oxygen atoms in total. The van der Waals surface area contributed by atoms with Crippen molar-refractivity contribution in [2.24, 2.45) is 5.73 Å². The predicted octanol–water partition coefficient (Wildman–Crippen LogP) is 3.91. The number of rotatable bonds is 5. The standard InChI is InChI=1S/C22H19N5O/c23-16-7-4-8-17(12-16)27-19-9-10-25-22-20(19)15(13-26-22)11-18(21(24)28)14-5-2-1-3-6-14/h1-13H,23H2,(H2,24,28)(H2,25,26,27). The maximum Gasteiger partial charge on any atom is 0.249 e. The van der Waals surface area contributed by atoms with E-state index in [1.807, 2.05) is 66.9 Å². The van der Waals surface area contributed by atoms with Crippen LogP contribution in [0.15, 0.2) is 73.1 Å². The number of hydrogen-bond donors (Lipinski definition) is 4. The third-order valence-corrected chi connectivity index (χ3v) is 4.42. The number of H-pyrrole nitrogens is 1. The van der Waals surface area contributed by atoms with Gasteiger partial charge >= 0.3 is 0 Å². The zero-order valence-corrected chi connectivity index (χ0v) is 15.0. The number of nitrogens with one attached hydrogen (secondary N) is 2. The van der Waals surface area contributed by atoms with Crippen LogP contribution in [0.1, 0.15) is 11.1 Å². The third kappa shape index (κ3) is 3.43. The number of nitrogens with zero attached hydrogens (tertiary/aromatic N) is 1. The maximum atomic E-state index is 12.1. The molecule has 4 aromatic rings. The van der Waals surface area contributed by atoms with Gasteiger partial charge in [0.25, 0.3) is 0 Å². The number of hydrogen-bond acceptors (Lipinski definition) is 4. The summed E-state index contributed by atoms with van der Waals surface area (Å²) in [6.45, 7) is 0. The molecule has 0 unspecified atom stereocenters. The van der Waals surface area contributed by atoms with Gasteiger partial charge in [0.15, 0.2) is 0 Å². The van der Waals surface area contributed by atoms with E-state index in [0.717, 1.165) is 27.9 Å². The molecule has 6 N–H and O–H groups in total. The molecule has 0 spiro atoms. The average molecular weight is 369 g/mol. The summed E-state index contributed by atoms with van der Waals surface area (Å²) in [5, 5.41) is 4.23. The molecular formula is C22H19N5O. The number of amides is 1. The van der Waals surface area contributed by atoms with Crippen LogP contribution in [0.25, 0.3) is 22.7 Å². The van der Waals surface area contributed by atoms with E-state index in [4.69, 9.17) is 11.5 Å². The first kappa shape index (κ1) is 17.4. The summed E-state index contributed by atoms with van der Waals surface area (Å²) < 4.78 is 0. The van der Waals surface area contributed by atoms with Crippen LogP contribution in [0.3, 0.4) is 0 Å². The van der Waals surface area contributed by atoms with Gasteiger partial charge in [-0.1, -0.05) is 36.4 Å². The summed E-state index contributed by atoms with van der Waals surface area (Å²) in [7, 11) is 0. The number of carbonyl (C=O) groups is 1. The van der Waals surface area contributed by atoms with Gasteiger partial charge in [0.05, 0.1) is 5.69 Å². The van der Waals surface area contributed by atoms with Gasteiger partial charge in [-0.15, -0.1) is 0 Å². The van der Waals surface area contributed by atoms with Crippen LogP contribution in [0.2, 0.25) is 0 Å². The summed E-state index contributed by atoms with van der Waals surface area (Å²) in [5.41, 5.74) is 16.6. The Morgan fingerprint density at radius 1 is 1.07 bits per heavy atom. The lowest BCUT2D eigenvalue weighted by molar-refractivity contribution is -0.112. The zero-order valence-electron chi connectivity index (χ0n) is 15.0. The average Bonchev–Trinajstić information content (AvgIpc) is 3.10. The van der Waals surface area contributed by atoms with Crippen molar-refractivity contribution >= 4 is 45.7 Å². The van der Waals surface area contributed by atoms with Crippen molar-refractivity contribution in [2.45, 2.75) is 0 Å². The van der Waals surface area contributed by atoms with E-state index in [9.17, 15) is 4.79 Å². The van der Waals surface area contributed by atoms with E-state index in [2.05, 4.69) is 15.3 Å². The number of anilines is 3. The molecule has 2 aromatic heterocycles. The van der Waals surface area contributed by atoms with E-state index < -0.39 is 5.91 Å². The second-order valence-electron chi connectivity index (χ2n) is 6.36. The molecule has 0 bridgehead atoms. The molecule has 0 aliphatic rings. The van der Waals surface area contributed by atoms with E-state index in [1.165, 1.54) is 0 Å². The lowest BCUT2D eigenvalue weighted by Crippen LogP contribution is -2.12. The first-order chi connectivity index (χ1) is 13.6. The van der Waals surface area contributed by atoms with Crippen LogP contribution in [0, 0.1) is 0 Å². The molecule has 0 saturated carbocycles. The van der Waals surface area contributed by atoms with Gasteiger partial charge in [0, 0.05) is 40.3 Å². The van der Waals surface area contributed by atoms with Crippen LogP contribution in [-0.4, -0.2) is 15.9 Å². The molecular weight excluding hydrogens is 350 g/mol. The molecule has 0 radical (unpaired) electrons. The van der Waals surface area contributed by atoms with Crippen molar-refractivity contribution in [2.75, 3.05) is 11.1 Å². The SMILES string of the molecule is NC(=O)C(=Cc1c[nH]c2nccc(Nc3cccc(N)c3)c12)c1ccccc1. The van der Waals surface area contributed by atoms with Crippen LogP contribution in [0.4, 0.5) is 17.1 Å². The van der Waals surface area contributed by atoms with Crippen molar-refractivity contribution in [3.63, 3.8) is 0 Å². The molecule has 1 amide bonds. The number of pyridine rings is 1. The van der Waals surface area contributed by atoms with Gasteiger partial charge in [0.2, 0.25) is 5.91 Å². The maximum absolute atomic E-state index is 12.1. The van der Waals surface area contributed by atoms with Gasteiger partial charge in [-0.25, -0.2) is 4.98 Å². The highest BCUT2D eigenvalue weighted by molar-refractivity contribution is 6.24. The highest BCUT2D eigenvalue weighted by atomic mass is 16.1. The molecule has 2 heterocycles. The van der Waals surface area contributed by atoms with Crippen molar-refractivity contribution in [3.8, 4) is 0 Å². The van der Waals surface area contributed by atoms with Crippen LogP contribution in [-0.2, 0) is 4.79 Å². The Morgan fingerprint density at radius 2 is 1.89 bits per heavy atom. The molecule has 28 heavy (non-hydrogen) atoms. The van der Waals surface area contributed by atoms with E-state index in [0.29, 0.717) is 16.9 Å². The van der Waals surface area contributed by atoms with Gasteiger partial charge in [0.1, 0.15) is 5.65 Å². The van der Waals surface area contributed by atoms with E-state index in [-0.39, 0.29) is 0 Å². The lowest BCUT2D eigenvalue weighted by Gasteiger charge is -2.09. The number of aromatic amines is 1. The molecule has 0 saturated heterocycles. The third-order valence-electron chi connectivity index (χ3n) is 4.42. The summed E-state index contributed by atoms with van der Waals surface area (Å²) in [6.07, 6.45) is 5.31. The monoisotopic (exact) mass is 369 g/mol. The molecule has 6 heteroatoms. The minimum Gasteiger partial charge on any atom is -0.399 e. The number of benzene rings is 2. The fraction of sp³-hybridized carbons (Fsp3) is 0. The summed E-state index contributed by atoms with van der Waals surface area (Å²) in [6, 6.07) is 18.7. The normalized spacial score (nSPS) is 11.5. The lowest BCUT2D eigenvalue weighted by atomic mass is 10.0. The summed E-state index contributed by atoms with van der Waals surface area (Å²) >= 11 is 0. The smallest absolute Gasteiger partial charge is 0.249 e. The van der Waals surface area contributed by atoms with Crippen LogP contribution < -0.4 is 16.8 Å². The molecule has 2 aromatic carbocycles. The second-order valence-corrected chi connectivity index (χ2v) is 6.36. The molecule has 0 aliphatic carbocycles. The van der Waals surface area contributed by atoms with Gasteiger partial charge in [-0.3, -0.25) is 4.79 Å². The molecule has 0 fully saturated rings. The van der Waals surface area contributed by atoms with Crippen molar-refractivity contribution in [1.82, 2.24) is 9.97 Å². The van der Waals surface area contributed by atoms with Crippen LogP contribution >= 0.6 is 0 Å². The fourth-order valence-corrected chi connectivity index (χ4v) is 3.14. The van der Waals surface area contributed by atoms with Gasteiger partial charge in [-0.05, 0) is 35.9 Å². The Balaban J connectivity index is 1.83. The number of primary amides is 1. The Hall–Kier alpha value is -4.06. The minimum absolute atomic E-state index is 0.431. The van der Waals surface area contributed by atoms with Crippen molar-refractivity contribution < 1.29 is 4.79 Å². The molecule has 0 aliphatic heterocycles. The first-order valence-corrected chi connectivity index (χ1v) is 8.77.